The van der Waals surface area contributed by atoms with Crippen molar-refractivity contribution in [2.24, 2.45) is 0 Å². The van der Waals surface area contributed by atoms with Crippen LogP contribution in [-0.2, 0) is 14.6 Å². The van der Waals surface area contributed by atoms with Crippen molar-refractivity contribution in [2.75, 3.05) is 28.3 Å². The standard InChI is InChI=1S/C19H26NO.CH4O4S/c1-15(17-10-7-6-8-11-17)20(3,4)16(2)18-12-9-13-19(14-18)21-5;1-5-6(2,3)4/h6-16H,1-5H3;1H3,(H,2,3,4)/q+1;/p-1/t15-,16-;/m0./s1. The van der Waals surface area contributed by atoms with Crippen LogP contribution < -0.4 is 4.74 Å². The maximum atomic E-state index is 9.22. The van der Waals surface area contributed by atoms with Gasteiger partial charge in [-0.25, -0.2) is 8.42 Å². The van der Waals surface area contributed by atoms with E-state index < -0.39 is 10.4 Å². The van der Waals surface area contributed by atoms with Crippen molar-refractivity contribution in [2.45, 2.75) is 25.9 Å². The molecule has 0 unspecified atom stereocenters. The molecule has 0 radical (unpaired) electrons. The molecule has 0 aliphatic carbocycles. The Morgan fingerprint density at radius 3 is 1.85 bits per heavy atom. The molecule has 0 aliphatic rings. The van der Waals surface area contributed by atoms with Crippen LogP contribution in [0.5, 0.6) is 5.75 Å². The molecular formula is C20H29NO5S. The number of benzene rings is 2. The van der Waals surface area contributed by atoms with Gasteiger partial charge in [0.15, 0.2) is 0 Å². The minimum atomic E-state index is -4.41. The van der Waals surface area contributed by atoms with E-state index in [0.29, 0.717) is 12.1 Å². The van der Waals surface area contributed by atoms with Crippen LogP contribution in [0.25, 0.3) is 0 Å². The van der Waals surface area contributed by atoms with Gasteiger partial charge < -0.3 is 13.8 Å². The van der Waals surface area contributed by atoms with Crippen molar-refractivity contribution in [1.82, 2.24) is 0 Å². The van der Waals surface area contributed by atoms with Gasteiger partial charge in [-0.15, -0.1) is 0 Å². The summed E-state index contributed by atoms with van der Waals surface area (Å²) in [5.74, 6) is 0.923. The first kappa shape index (κ1) is 23.1. The number of hydrogen-bond donors (Lipinski definition) is 0. The number of nitrogens with zero attached hydrogens (tertiary/aromatic N) is 1. The minimum absolute atomic E-state index is 0.385. The van der Waals surface area contributed by atoms with Gasteiger partial charge in [-0.05, 0) is 26.0 Å². The largest absolute Gasteiger partial charge is 0.726 e. The van der Waals surface area contributed by atoms with Gasteiger partial charge in [0.1, 0.15) is 17.8 Å². The highest BCUT2D eigenvalue weighted by Crippen LogP contribution is 2.35. The Kier molecular flexibility index (Phi) is 8.43. The Bertz CT molecular complexity index is 806. The SMILES string of the molecule is COS(=O)(=O)[O-].COc1cccc([C@H](C)[N+](C)(C)[C@@H](C)c2ccccc2)c1. The summed E-state index contributed by atoms with van der Waals surface area (Å²) in [7, 11) is 2.70. The second-order valence-electron chi connectivity index (χ2n) is 6.74. The summed E-state index contributed by atoms with van der Waals surface area (Å²) in [5.41, 5.74) is 2.68. The van der Waals surface area contributed by atoms with E-state index in [2.05, 4.69) is 80.7 Å². The molecule has 0 fully saturated rings. The van der Waals surface area contributed by atoms with Gasteiger partial charge in [-0.3, -0.25) is 4.18 Å². The lowest BCUT2D eigenvalue weighted by Crippen LogP contribution is -2.44. The van der Waals surface area contributed by atoms with Crippen LogP contribution >= 0.6 is 0 Å². The van der Waals surface area contributed by atoms with Crippen LogP contribution in [0.4, 0.5) is 0 Å². The van der Waals surface area contributed by atoms with E-state index in [1.165, 1.54) is 11.1 Å². The molecule has 0 spiro atoms. The molecule has 0 aromatic heterocycles. The molecule has 0 saturated heterocycles. The zero-order valence-corrected chi connectivity index (χ0v) is 17.6. The fourth-order valence-corrected chi connectivity index (χ4v) is 2.74. The minimum Gasteiger partial charge on any atom is -0.726 e. The van der Waals surface area contributed by atoms with Crippen LogP contribution in [0, 0.1) is 0 Å². The molecular weight excluding hydrogens is 366 g/mol. The van der Waals surface area contributed by atoms with E-state index in [1.54, 1.807) is 7.11 Å². The quantitative estimate of drug-likeness (QED) is 0.424. The van der Waals surface area contributed by atoms with Crippen LogP contribution in [0.1, 0.15) is 37.1 Å². The number of ether oxygens (including phenoxy) is 1. The smallest absolute Gasteiger partial charge is 0.217 e. The first-order valence-electron chi connectivity index (χ1n) is 8.56. The monoisotopic (exact) mass is 395 g/mol. The van der Waals surface area contributed by atoms with E-state index in [0.717, 1.165) is 17.3 Å². The predicted octanol–water partition coefficient (Wildman–Crippen LogP) is 3.69. The molecule has 0 heterocycles. The molecule has 2 aromatic carbocycles. The average Bonchev–Trinajstić information content (AvgIpc) is 2.67. The average molecular weight is 396 g/mol. The highest BCUT2D eigenvalue weighted by molar-refractivity contribution is 7.80. The number of quaternary nitrogens is 1. The molecule has 2 aromatic rings. The number of methoxy groups -OCH3 is 1. The highest BCUT2D eigenvalue weighted by atomic mass is 32.3. The van der Waals surface area contributed by atoms with Gasteiger partial charge in [0, 0.05) is 11.1 Å². The lowest BCUT2D eigenvalue weighted by molar-refractivity contribution is -0.946. The Hall–Kier alpha value is -1.93. The fourth-order valence-electron chi connectivity index (χ4n) is 2.74. The first-order chi connectivity index (χ1) is 12.5. The van der Waals surface area contributed by atoms with Crippen molar-refractivity contribution in [1.29, 1.82) is 0 Å². The van der Waals surface area contributed by atoms with Gasteiger partial charge >= 0.3 is 0 Å². The van der Waals surface area contributed by atoms with Crippen LogP contribution in [0.3, 0.4) is 0 Å². The first-order valence-corrected chi connectivity index (χ1v) is 9.90. The zero-order valence-electron chi connectivity index (χ0n) is 16.7. The summed E-state index contributed by atoms with van der Waals surface area (Å²) in [6, 6.07) is 19.9. The Morgan fingerprint density at radius 2 is 1.37 bits per heavy atom. The summed E-state index contributed by atoms with van der Waals surface area (Å²) in [6.07, 6.45) is 0. The Morgan fingerprint density at radius 1 is 0.889 bits per heavy atom. The van der Waals surface area contributed by atoms with Crippen LogP contribution in [0.15, 0.2) is 54.6 Å². The van der Waals surface area contributed by atoms with Gasteiger partial charge in [0.25, 0.3) is 0 Å². The van der Waals surface area contributed by atoms with E-state index in [4.69, 9.17) is 4.74 Å². The third kappa shape index (κ3) is 6.95. The number of rotatable bonds is 6. The molecule has 2 rings (SSSR count). The maximum Gasteiger partial charge on any atom is 0.217 e. The van der Waals surface area contributed by atoms with Crippen LogP contribution in [-0.4, -0.2) is 45.8 Å². The predicted molar refractivity (Wildman–Crippen MR) is 105 cm³/mol. The van der Waals surface area contributed by atoms with Gasteiger partial charge in [-0.2, -0.15) is 0 Å². The third-order valence-corrected chi connectivity index (χ3v) is 5.47. The molecule has 27 heavy (non-hydrogen) atoms. The fraction of sp³-hybridized carbons (Fsp3) is 0.400. The van der Waals surface area contributed by atoms with Crippen LogP contribution in [0.2, 0.25) is 0 Å². The Balaban J connectivity index is 0.000000527. The Labute approximate surface area is 162 Å². The second-order valence-corrected chi connectivity index (χ2v) is 7.89. The lowest BCUT2D eigenvalue weighted by Gasteiger charge is -2.42. The van der Waals surface area contributed by atoms with Gasteiger partial charge in [0.05, 0.1) is 28.3 Å². The van der Waals surface area contributed by atoms with Crippen molar-refractivity contribution in [3.63, 3.8) is 0 Å². The van der Waals surface area contributed by atoms with E-state index in [1.807, 2.05) is 6.07 Å². The van der Waals surface area contributed by atoms with E-state index in [-0.39, 0.29) is 0 Å². The molecule has 6 nitrogen and oxygen atoms in total. The summed E-state index contributed by atoms with van der Waals surface area (Å²) in [5, 5.41) is 0. The molecule has 0 bridgehead atoms. The molecule has 0 saturated carbocycles. The van der Waals surface area contributed by atoms with E-state index in [9.17, 15) is 13.0 Å². The van der Waals surface area contributed by atoms with Crippen molar-refractivity contribution >= 4 is 10.4 Å². The summed E-state index contributed by atoms with van der Waals surface area (Å²) >= 11 is 0. The van der Waals surface area contributed by atoms with Crippen molar-refractivity contribution in [3.05, 3.63) is 65.7 Å². The normalized spacial score (nSPS) is 13.9. The van der Waals surface area contributed by atoms with Crippen molar-refractivity contribution < 1.29 is 26.4 Å². The molecule has 7 heteroatoms. The summed E-state index contributed by atoms with van der Waals surface area (Å²) < 4.78 is 37.3. The molecule has 0 aliphatic heterocycles. The van der Waals surface area contributed by atoms with Gasteiger partial charge in [0.2, 0.25) is 10.4 Å². The third-order valence-electron chi connectivity index (χ3n) is 5.06. The molecule has 0 N–H and O–H groups in total. The zero-order chi connectivity index (χ0) is 20.7. The summed E-state index contributed by atoms with van der Waals surface area (Å²) in [4.78, 5) is 0. The highest BCUT2D eigenvalue weighted by Gasteiger charge is 2.32. The molecule has 0 amide bonds. The van der Waals surface area contributed by atoms with E-state index >= 15 is 0 Å². The number of hydrogen-bond acceptors (Lipinski definition) is 5. The van der Waals surface area contributed by atoms with Gasteiger partial charge in [-0.1, -0.05) is 42.5 Å². The summed E-state index contributed by atoms with van der Waals surface area (Å²) in [6.45, 7) is 4.58. The topological polar surface area (TPSA) is 75.7 Å². The second kappa shape index (κ2) is 9.85. The van der Waals surface area contributed by atoms with Crippen molar-refractivity contribution in [3.8, 4) is 5.75 Å². The molecule has 150 valence electrons. The molecule has 2 atom stereocenters. The maximum absolute atomic E-state index is 9.22. The lowest BCUT2D eigenvalue weighted by atomic mass is 9.99.